The summed E-state index contributed by atoms with van der Waals surface area (Å²) < 4.78 is 26.7. The third-order valence-corrected chi connectivity index (χ3v) is 5.48. The van der Waals surface area contributed by atoms with Crippen molar-refractivity contribution in [3.05, 3.63) is 64.7 Å². The predicted molar refractivity (Wildman–Crippen MR) is 99.0 cm³/mol. The summed E-state index contributed by atoms with van der Waals surface area (Å²) in [6.45, 7) is 3.90. The highest BCUT2D eigenvalue weighted by atomic mass is 35.5. The van der Waals surface area contributed by atoms with Crippen LogP contribution in [0.2, 0.25) is 5.02 Å². The molecule has 0 bridgehead atoms. The molecule has 0 aromatic heterocycles. The Morgan fingerprint density at radius 1 is 1.16 bits per heavy atom. The Morgan fingerprint density at radius 3 is 2.56 bits per heavy atom. The van der Waals surface area contributed by atoms with Crippen molar-refractivity contribution in [2.24, 2.45) is 0 Å². The van der Waals surface area contributed by atoms with E-state index in [0.717, 1.165) is 11.1 Å². The first-order chi connectivity index (χ1) is 11.8. The number of nitrogens with one attached hydrogen (secondary N) is 2. The summed E-state index contributed by atoms with van der Waals surface area (Å²) in [7, 11) is -3.68. The fourth-order valence-corrected chi connectivity index (χ4v) is 3.81. The van der Waals surface area contributed by atoms with Gasteiger partial charge < -0.3 is 5.32 Å². The zero-order chi connectivity index (χ0) is 18.4. The second-order valence-electron chi connectivity index (χ2n) is 5.75. The average molecular weight is 381 g/mol. The van der Waals surface area contributed by atoms with E-state index in [1.165, 1.54) is 12.1 Å². The van der Waals surface area contributed by atoms with Gasteiger partial charge >= 0.3 is 0 Å². The maximum absolute atomic E-state index is 12.2. The number of aryl methyl sites for hydroxylation is 1. The quantitative estimate of drug-likeness (QED) is 0.774. The first kappa shape index (κ1) is 19.4. The van der Waals surface area contributed by atoms with Crippen molar-refractivity contribution in [2.45, 2.75) is 31.2 Å². The Balaban J connectivity index is 1.87. The van der Waals surface area contributed by atoms with E-state index in [0.29, 0.717) is 5.02 Å². The van der Waals surface area contributed by atoms with Gasteiger partial charge in [-0.15, -0.1) is 0 Å². The third-order valence-electron chi connectivity index (χ3n) is 3.78. The lowest BCUT2D eigenvalue weighted by Crippen LogP contribution is -2.32. The minimum Gasteiger partial charge on any atom is -0.350 e. The zero-order valence-corrected chi connectivity index (χ0v) is 15.7. The second-order valence-corrected chi connectivity index (χ2v) is 7.95. The maximum Gasteiger partial charge on any atom is 0.240 e. The minimum atomic E-state index is -3.68. The summed E-state index contributed by atoms with van der Waals surface area (Å²) in [6, 6.07) is 13.6. The molecule has 1 amide bonds. The summed E-state index contributed by atoms with van der Waals surface area (Å²) in [5.41, 5.74) is 2.13. The Labute approximate surface area is 153 Å². The topological polar surface area (TPSA) is 75.3 Å². The van der Waals surface area contributed by atoms with Crippen molar-refractivity contribution in [1.29, 1.82) is 0 Å². The SMILES string of the molecule is Cc1ccccc1[C@@H](C)NC(=O)CCNS(=O)(=O)c1cccc(Cl)c1. The molecule has 2 N–H and O–H groups in total. The molecule has 2 aromatic carbocycles. The Kier molecular flexibility index (Phi) is 6.58. The summed E-state index contributed by atoms with van der Waals surface area (Å²) in [5, 5.41) is 3.22. The minimum absolute atomic E-state index is 0.0151. The lowest BCUT2D eigenvalue weighted by molar-refractivity contribution is -0.121. The van der Waals surface area contributed by atoms with Gasteiger partial charge in [0.15, 0.2) is 0 Å². The van der Waals surface area contributed by atoms with Crippen molar-refractivity contribution >= 4 is 27.5 Å². The average Bonchev–Trinajstić information content (AvgIpc) is 2.55. The number of carbonyl (C=O) groups excluding carboxylic acids is 1. The van der Waals surface area contributed by atoms with E-state index in [1.807, 2.05) is 38.1 Å². The molecule has 0 aliphatic carbocycles. The van der Waals surface area contributed by atoms with Crippen LogP contribution < -0.4 is 10.0 Å². The molecule has 134 valence electrons. The van der Waals surface area contributed by atoms with E-state index < -0.39 is 10.0 Å². The van der Waals surface area contributed by atoms with Gasteiger partial charge in [0, 0.05) is 18.0 Å². The highest BCUT2D eigenvalue weighted by Gasteiger charge is 2.15. The Morgan fingerprint density at radius 2 is 1.88 bits per heavy atom. The van der Waals surface area contributed by atoms with Crippen LogP contribution in [0.4, 0.5) is 0 Å². The number of amides is 1. The molecule has 2 rings (SSSR count). The predicted octanol–water partition coefficient (Wildman–Crippen LogP) is 3.19. The fourth-order valence-electron chi connectivity index (χ4n) is 2.48. The summed E-state index contributed by atoms with van der Waals surface area (Å²) in [6.07, 6.45) is 0.0516. The van der Waals surface area contributed by atoms with Crippen LogP contribution >= 0.6 is 11.6 Å². The molecule has 0 fully saturated rings. The third kappa shape index (κ3) is 5.56. The molecule has 0 aliphatic rings. The zero-order valence-electron chi connectivity index (χ0n) is 14.1. The summed E-state index contributed by atoms with van der Waals surface area (Å²) in [5.74, 6) is -0.218. The molecule has 0 unspecified atom stereocenters. The first-order valence-electron chi connectivity index (χ1n) is 7.90. The lowest BCUT2D eigenvalue weighted by atomic mass is 10.0. The van der Waals surface area contributed by atoms with E-state index in [-0.39, 0.29) is 29.8 Å². The van der Waals surface area contributed by atoms with E-state index in [1.54, 1.807) is 12.1 Å². The molecule has 0 radical (unpaired) electrons. The standard InChI is InChI=1S/C18H21ClN2O3S/c1-13-6-3-4-9-17(13)14(2)21-18(22)10-11-20-25(23,24)16-8-5-7-15(19)12-16/h3-9,12,14,20H,10-11H2,1-2H3,(H,21,22)/t14-/m1/s1. The molecule has 5 nitrogen and oxygen atoms in total. The van der Waals surface area contributed by atoms with Crippen LogP contribution in [0.25, 0.3) is 0 Å². The summed E-state index contributed by atoms with van der Waals surface area (Å²) >= 11 is 5.81. The van der Waals surface area contributed by atoms with Crippen molar-refractivity contribution < 1.29 is 13.2 Å². The Bertz CT molecular complexity index is 853. The van der Waals surface area contributed by atoms with Gasteiger partial charge in [-0.05, 0) is 43.2 Å². The molecular formula is C18H21ClN2O3S. The second kappa shape index (κ2) is 8.47. The van der Waals surface area contributed by atoms with Crippen LogP contribution in [-0.2, 0) is 14.8 Å². The van der Waals surface area contributed by atoms with Crippen molar-refractivity contribution in [1.82, 2.24) is 10.0 Å². The smallest absolute Gasteiger partial charge is 0.240 e. The van der Waals surface area contributed by atoms with Crippen molar-refractivity contribution in [3.63, 3.8) is 0 Å². The number of rotatable bonds is 7. The molecule has 0 heterocycles. The van der Waals surface area contributed by atoms with Gasteiger partial charge in [-0.25, -0.2) is 13.1 Å². The molecule has 1 atom stereocenters. The van der Waals surface area contributed by atoms with Gasteiger partial charge in [0.05, 0.1) is 10.9 Å². The van der Waals surface area contributed by atoms with E-state index >= 15 is 0 Å². The number of halogens is 1. The van der Waals surface area contributed by atoms with Crippen molar-refractivity contribution in [2.75, 3.05) is 6.54 Å². The number of carbonyl (C=O) groups is 1. The van der Waals surface area contributed by atoms with Crippen molar-refractivity contribution in [3.8, 4) is 0 Å². The first-order valence-corrected chi connectivity index (χ1v) is 9.76. The highest BCUT2D eigenvalue weighted by molar-refractivity contribution is 7.89. The van der Waals surface area contributed by atoms with E-state index in [2.05, 4.69) is 10.0 Å². The van der Waals surface area contributed by atoms with Crippen LogP contribution in [0.1, 0.15) is 30.5 Å². The molecule has 0 saturated heterocycles. The number of benzene rings is 2. The van der Waals surface area contributed by atoms with Crippen LogP contribution in [-0.4, -0.2) is 20.9 Å². The lowest BCUT2D eigenvalue weighted by Gasteiger charge is -2.16. The van der Waals surface area contributed by atoms with Gasteiger partial charge in [-0.2, -0.15) is 0 Å². The molecule has 0 aliphatic heterocycles. The van der Waals surface area contributed by atoms with Gasteiger partial charge in [-0.1, -0.05) is 41.9 Å². The van der Waals surface area contributed by atoms with Gasteiger partial charge in [0.1, 0.15) is 0 Å². The van der Waals surface area contributed by atoms with Crippen LogP contribution in [0.15, 0.2) is 53.4 Å². The van der Waals surface area contributed by atoms with Crippen LogP contribution in [0, 0.1) is 6.92 Å². The summed E-state index contributed by atoms with van der Waals surface area (Å²) in [4.78, 5) is 12.1. The van der Waals surface area contributed by atoms with Gasteiger partial charge in [-0.3, -0.25) is 4.79 Å². The fraction of sp³-hybridized carbons (Fsp3) is 0.278. The van der Waals surface area contributed by atoms with E-state index in [9.17, 15) is 13.2 Å². The number of hydrogen-bond donors (Lipinski definition) is 2. The molecule has 0 saturated carbocycles. The Hall–Kier alpha value is -1.89. The number of sulfonamides is 1. The number of hydrogen-bond acceptors (Lipinski definition) is 3. The molecule has 7 heteroatoms. The normalized spacial score (nSPS) is 12.6. The maximum atomic E-state index is 12.2. The van der Waals surface area contributed by atoms with E-state index in [4.69, 9.17) is 11.6 Å². The molecule has 25 heavy (non-hydrogen) atoms. The molecule has 2 aromatic rings. The van der Waals surface area contributed by atoms with Crippen LogP contribution in [0.5, 0.6) is 0 Å². The monoisotopic (exact) mass is 380 g/mol. The van der Waals surface area contributed by atoms with Crippen LogP contribution in [0.3, 0.4) is 0 Å². The largest absolute Gasteiger partial charge is 0.350 e. The molecule has 0 spiro atoms. The molecular weight excluding hydrogens is 360 g/mol. The van der Waals surface area contributed by atoms with Gasteiger partial charge in [0.2, 0.25) is 15.9 Å². The highest BCUT2D eigenvalue weighted by Crippen LogP contribution is 2.17. The van der Waals surface area contributed by atoms with Gasteiger partial charge in [0.25, 0.3) is 0 Å².